The maximum atomic E-state index is 12.6. The molecule has 6 rings (SSSR count). The number of carbonyl (C=O) groups excluding carboxylic acids is 2. The van der Waals surface area contributed by atoms with Crippen LogP contribution in [0.1, 0.15) is 61.5 Å². The lowest BCUT2D eigenvalue weighted by atomic mass is 9.90. The van der Waals surface area contributed by atoms with Gasteiger partial charge in [-0.3, -0.25) is 0 Å². The molecule has 9 nitrogen and oxygen atoms in total. The van der Waals surface area contributed by atoms with Gasteiger partial charge in [-0.15, -0.1) is 0 Å². The number of aryl methyl sites for hydroxylation is 1. The first-order valence-electron chi connectivity index (χ1n) is 13.3. The zero-order valence-corrected chi connectivity index (χ0v) is 23.3. The van der Waals surface area contributed by atoms with Crippen LogP contribution in [-0.2, 0) is 16.5 Å². The maximum absolute atomic E-state index is 12.6. The molecule has 4 aromatic rings. The van der Waals surface area contributed by atoms with E-state index in [-0.39, 0.29) is 12.0 Å². The van der Waals surface area contributed by atoms with E-state index in [2.05, 4.69) is 28.8 Å². The largest absolute Gasteiger partial charge is 0.494 e. The van der Waals surface area contributed by atoms with E-state index < -0.39 is 11.6 Å². The number of amides is 1. The quantitative estimate of drug-likeness (QED) is 0.310. The Morgan fingerprint density at radius 3 is 2.41 bits per heavy atom. The Morgan fingerprint density at radius 1 is 1.03 bits per heavy atom. The fourth-order valence-electron chi connectivity index (χ4n) is 5.61. The zero-order valence-electron chi connectivity index (χ0n) is 23.3. The predicted molar refractivity (Wildman–Crippen MR) is 148 cm³/mol. The second-order valence-corrected chi connectivity index (χ2v) is 11.5. The van der Waals surface area contributed by atoms with Gasteiger partial charge in [0.2, 0.25) is 0 Å². The van der Waals surface area contributed by atoms with E-state index in [0.717, 1.165) is 35.3 Å². The number of likely N-dealkylation sites (tertiary alicyclic amines) is 1. The molecule has 0 unspecified atom stereocenters. The summed E-state index contributed by atoms with van der Waals surface area (Å²) in [5.41, 5.74) is 4.86. The summed E-state index contributed by atoms with van der Waals surface area (Å²) in [6, 6.07) is 12.5. The molecule has 0 spiro atoms. The second kappa shape index (κ2) is 9.03. The Balaban J connectivity index is 1.43. The average molecular weight is 531 g/mol. The van der Waals surface area contributed by atoms with Gasteiger partial charge < -0.3 is 28.2 Å². The van der Waals surface area contributed by atoms with Crippen molar-refractivity contribution in [3.8, 4) is 17.3 Å². The third-order valence-corrected chi connectivity index (χ3v) is 7.58. The molecule has 0 bridgehead atoms. The van der Waals surface area contributed by atoms with Gasteiger partial charge in [0.25, 0.3) is 0 Å². The lowest BCUT2D eigenvalue weighted by molar-refractivity contribution is 0.00826. The first-order chi connectivity index (χ1) is 18.6. The molecule has 1 saturated carbocycles. The van der Waals surface area contributed by atoms with Crippen LogP contribution in [0.15, 0.2) is 36.4 Å². The Hall–Kier alpha value is -4.01. The molecule has 3 heterocycles. The van der Waals surface area contributed by atoms with Crippen LogP contribution in [0.25, 0.3) is 33.5 Å². The molecule has 1 saturated heterocycles. The first kappa shape index (κ1) is 25.3. The van der Waals surface area contributed by atoms with Crippen LogP contribution in [0.4, 0.5) is 4.79 Å². The van der Waals surface area contributed by atoms with E-state index >= 15 is 0 Å². The molecule has 1 amide bonds. The van der Waals surface area contributed by atoms with Crippen molar-refractivity contribution < 1.29 is 23.8 Å². The normalized spacial score (nSPS) is 16.0. The van der Waals surface area contributed by atoms with Crippen molar-refractivity contribution in [3.05, 3.63) is 47.5 Å². The fraction of sp³-hybridized carbons (Fsp3) is 0.433. The van der Waals surface area contributed by atoms with Crippen molar-refractivity contribution in [2.75, 3.05) is 27.3 Å². The van der Waals surface area contributed by atoms with Crippen LogP contribution in [0, 0.1) is 0 Å². The summed E-state index contributed by atoms with van der Waals surface area (Å²) in [6.45, 7) is 6.94. The Labute approximate surface area is 227 Å². The van der Waals surface area contributed by atoms with Crippen molar-refractivity contribution in [1.82, 2.24) is 19.0 Å². The Bertz CT molecular complexity index is 1620. The number of nitrogens with zero attached hydrogens (tertiary/aromatic N) is 4. The SMILES string of the molecule is COC(=O)c1cc(OC)c2c(c1)nc(-c1cc3cccc(C4CN(C(=O)OC(C)(C)C)C4)c3n1C1CC1)n2C. The molecule has 0 radical (unpaired) electrons. The molecular weight excluding hydrogens is 496 g/mol. The minimum absolute atomic E-state index is 0.240. The average Bonchev–Trinajstić information content (AvgIpc) is 3.54. The summed E-state index contributed by atoms with van der Waals surface area (Å²) in [5, 5.41) is 1.15. The Morgan fingerprint density at radius 2 is 1.77 bits per heavy atom. The molecule has 0 atom stereocenters. The molecule has 2 aliphatic rings. The second-order valence-electron chi connectivity index (χ2n) is 11.5. The number of hydrogen-bond acceptors (Lipinski definition) is 6. The third-order valence-electron chi connectivity index (χ3n) is 7.58. The summed E-state index contributed by atoms with van der Waals surface area (Å²) in [6.07, 6.45) is 1.96. The predicted octanol–water partition coefficient (Wildman–Crippen LogP) is 5.66. The number of aromatic nitrogens is 3. The number of hydrogen-bond donors (Lipinski definition) is 0. The number of esters is 1. The van der Waals surface area contributed by atoms with Crippen molar-refractivity contribution in [3.63, 3.8) is 0 Å². The van der Waals surface area contributed by atoms with Crippen LogP contribution in [0.2, 0.25) is 0 Å². The van der Waals surface area contributed by atoms with Crippen LogP contribution < -0.4 is 4.74 Å². The Kier molecular flexibility index (Phi) is 5.86. The van der Waals surface area contributed by atoms with E-state index in [1.54, 1.807) is 24.1 Å². The highest BCUT2D eigenvalue weighted by Crippen LogP contribution is 2.46. The number of rotatable bonds is 5. The number of methoxy groups -OCH3 is 2. The minimum atomic E-state index is -0.510. The number of ether oxygens (including phenoxy) is 3. The van der Waals surface area contributed by atoms with Crippen molar-refractivity contribution in [2.45, 2.75) is 51.2 Å². The molecular formula is C30H34N4O5. The molecule has 1 aliphatic heterocycles. The molecule has 204 valence electrons. The smallest absolute Gasteiger partial charge is 0.410 e. The number of para-hydroxylation sites is 1. The lowest BCUT2D eigenvalue weighted by Crippen LogP contribution is -2.50. The van der Waals surface area contributed by atoms with Gasteiger partial charge in [-0.05, 0) is 57.4 Å². The summed E-state index contributed by atoms with van der Waals surface area (Å²) in [7, 11) is 4.93. The van der Waals surface area contributed by atoms with Crippen LogP contribution in [-0.4, -0.2) is 64.0 Å². The number of imidazole rings is 1. The zero-order chi connectivity index (χ0) is 27.6. The van der Waals surface area contributed by atoms with Crippen LogP contribution in [0.5, 0.6) is 5.75 Å². The maximum Gasteiger partial charge on any atom is 0.410 e. The van der Waals surface area contributed by atoms with E-state index in [9.17, 15) is 9.59 Å². The van der Waals surface area contributed by atoms with E-state index in [4.69, 9.17) is 19.2 Å². The minimum Gasteiger partial charge on any atom is -0.494 e. The number of fused-ring (bicyclic) bond motifs is 2. The molecule has 2 fully saturated rings. The number of benzene rings is 2. The highest BCUT2D eigenvalue weighted by atomic mass is 16.6. The molecule has 2 aromatic carbocycles. The monoisotopic (exact) mass is 530 g/mol. The van der Waals surface area contributed by atoms with E-state index in [1.165, 1.54) is 18.2 Å². The highest BCUT2D eigenvalue weighted by molar-refractivity contribution is 5.98. The highest BCUT2D eigenvalue weighted by Gasteiger charge is 2.37. The number of carbonyl (C=O) groups is 2. The first-order valence-corrected chi connectivity index (χ1v) is 13.3. The summed E-state index contributed by atoms with van der Waals surface area (Å²) < 4.78 is 20.6. The van der Waals surface area contributed by atoms with Gasteiger partial charge in [-0.25, -0.2) is 14.6 Å². The summed E-state index contributed by atoms with van der Waals surface area (Å²) in [4.78, 5) is 31.6. The topological polar surface area (TPSA) is 87.8 Å². The molecule has 39 heavy (non-hydrogen) atoms. The van der Waals surface area contributed by atoms with Gasteiger partial charge in [0.15, 0.2) is 5.82 Å². The van der Waals surface area contributed by atoms with Gasteiger partial charge in [-0.1, -0.05) is 18.2 Å². The summed E-state index contributed by atoms with van der Waals surface area (Å²) >= 11 is 0. The molecule has 0 N–H and O–H groups in total. The van der Waals surface area contributed by atoms with Gasteiger partial charge >= 0.3 is 12.1 Å². The van der Waals surface area contributed by atoms with Crippen molar-refractivity contribution in [1.29, 1.82) is 0 Å². The molecule has 1 aliphatic carbocycles. The van der Waals surface area contributed by atoms with Gasteiger partial charge in [0.1, 0.15) is 16.9 Å². The third kappa shape index (κ3) is 4.30. The lowest BCUT2D eigenvalue weighted by Gasteiger charge is -2.40. The van der Waals surface area contributed by atoms with E-state index in [0.29, 0.717) is 36.0 Å². The summed E-state index contributed by atoms with van der Waals surface area (Å²) in [5.74, 6) is 1.19. The van der Waals surface area contributed by atoms with Gasteiger partial charge in [0.05, 0.1) is 36.5 Å². The van der Waals surface area contributed by atoms with Crippen LogP contribution >= 0.6 is 0 Å². The van der Waals surface area contributed by atoms with Gasteiger partial charge in [0, 0.05) is 37.5 Å². The standard InChI is InChI=1S/C30H34N4O5/c1-30(2,3)39-29(36)33-15-19(16-33)21-9-7-8-17-13-23(34(25(17)21)20-10-11-20)27-31-22-12-18(28(35)38-6)14-24(37-5)26(22)32(27)4/h7-9,12-14,19-20H,10-11,15-16H2,1-6H3. The van der Waals surface area contributed by atoms with Gasteiger partial charge in [-0.2, -0.15) is 0 Å². The van der Waals surface area contributed by atoms with Crippen molar-refractivity contribution >= 4 is 34.0 Å². The van der Waals surface area contributed by atoms with Crippen molar-refractivity contribution in [2.24, 2.45) is 7.05 Å². The van der Waals surface area contributed by atoms with E-state index in [1.807, 2.05) is 32.4 Å². The molecule has 2 aromatic heterocycles. The van der Waals surface area contributed by atoms with Crippen LogP contribution in [0.3, 0.4) is 0 Å². The molecule has 9 heteroatoms. The fourth-order valence-corrected chi connectivity index (χ4v) is 5.61.